The van der Waals surface area contributed by atoms with Crippen LogP contribution in [-0.4, -0.2) is 4.98 Å². The van der Waals surface area contributed by atoms with Gasteiger partial charge in [0.25, 0.3) is 0 Å². The van der Waals surface area contributed by atoms with Gasteiger partial charge in [0.1, 0.15) is 22.8 Å². The van der Waals surface area contributed by atoms with Gasteiger partial charge in [-0.05, 0) is 129 Å². The number of benzene rings is 9. The Bertz CT molecular complexity index is 3870. The number of fused-ring (bicyclic) bond motifs is 11. The molecule has 0 aliphatic heterocycles. The smallest absolute Gasteiger partial charge is 0.145 e. The molecule has 1 aliphatic carbocycles. The Balaban J connectivity index is 1.24. The van der Waals surface area contributed by atoms with Crippen LogP contribution in [0.5, 0.6) is 0 Å². The van der Waals surface area contributed by atoms with Crippen molar-refractivity contribution in [1.82, 2.24) is 4.98 Å². The monoisotopic (exact) mass is 979 g/mol. The molecule has 0 amide bonds. The topological polar surface area (TPSA) is 32.5 Å². The second kappa shape index (κ2) is 17.1. The fraction of sp³-hybridized carbons (Fsp3) is 0.132. The van der Waals surface area contributed by atoms with Gasteiger partial charge in [0.05, 0.1) is 22.2 Å². The van der Waals surface area contributed by atoms with Crippen LogP contribution in [0.4, 0.5) is 38.6 Å². The lowest BCUT2D eigenvalue weighted by molar-refractivity contribution is 0.590. The molecule has 1 atom stereocenters. The molecule has 3 heterocycles. The number of hydrogen-bond acceptors (Lipinski definition) is 5. The van der Waals surface area contributed by atoms with E-state index >= 15 is 4.39 Å². The first-order chi connectivity index (χ1) is 35.9. The number of thiophene rings is 1. The minimum absolute atomic E-state index is 0.0391. The Labute approximate surface area is 435 Å². The zero-order chi connectivity index (χ0) is 50.5. The molecule has 9 aromatic carbocycles. The lowest BCUT2D eigenvalue weighted by atomic mass is 9.67. The van der Waals surface area contributed by atoms with Gasteiger partial charge < -0.3 is 9.32 Å². The average molecular weight is 980 g/mol. The van der Waals surface area contributed by atoms with Gasteiger partial charge >= 0.3 is 0 Å². The van der Waals surface area contributed by atoms with Crippen LogP contribution in [0, 0.1) is 5.82 Å². The van der Waals surface area contributed by atoms with Gasteiger partial charge in [-0.1, -0.05) is 169 Å². The molecule has 0 fully saturated rings. The number of aromatic nitrogens is 1. The molecule has 4 nitrogen and oxygen atoms in total. The summed E-state index contributed by atoms with van der Waals surface area (Å²) in [7, 11) is 0. The normalized spacial score (nSPS) is 14.5. The van der Waals surface area contributed by atoms with E-state index in [0.717, 1.165) is 110 Å². The number of anilines is 6. The van der Waals surface area contributed by atoms with Crippen molar-refractivity contribution in [1.29, 1.82) is 0 Å². The van der Waals surface area contributed by atoms with Crippen molar-refractivity contribution < 1.29 is 8.81 Å². The molecule has 74 heavy (non-hydrogen) atoms. The van der Waals surface area contributed by atoms with Crippen molar-refractivity contribution in [3.63, 3.8) is 0 Å². The molecule has 1 unspecified atom stereocenters. The summed E-state index contributed by atoms with van der Waals surface area (Å²) in [5, 5.41) is 4.28. The molecule has 0 bridgehead atoms. The molecular weight excluding hydrogens is 926 g/mol. The largest absolute Gasteiger partial charge is 0.455 e. The van der Waals surface area contributed by atoms with Crippen molar-refractivity contribution in [2.24, 2.45) is 0 Å². The van der Waals surface area contributed by atoms with E-state index < -0.39 is 5.41 Å². The first-order valence-corrected chi connectivity index (χ1v) is 26.3. The highest BCUT2D eigenvalue weighted by Crippen LogP contribution is 2.65. The predicted octanol–water partition coefficient (Wildman–Crippen LogP) is 19.4. The number of halogens is 1. The molecule has 13 rings (SSSR count). The summed E-state index contributed by atoms with van der Waals surface area (Å²) < 4.78 is 26.2. The lowest BCUT2D eigenvalue weighted by Crippen LogP contribution is -2.29. The Hall–Kier alpha value is -8.32. The zero-order valence-corrected chi connectivity index (χ0v) is 43.1. The third-order valence-corrected chi connectivity index (χ3v) is 16.3. The summed E-state index contributed by atoms with van der Waals surface area (Å²) >= 11 is 1.80. The summed E-state index contributed by atoms with van der Waals surface area (Å²) in [6.07, 6.45) is 1.87. The summed E-state index contributed by atoms with van der Waals surface area (Å²) in [4.78, 5) is 9.80. The van der Waals surface area contributed by atoms with Crippen LogP contribution in [0.25, 0.3) is 53.2 Å². The Morgan fingerprint density at radius 1 is 0.486 bits per heavy atom. The van der Waals surface area contributed by atoms with Crippen molar-refractivity contribution in [3.05, 3.63) is 258 Å². The van der Waals surface area contributed by atoms with Crippen LogP contribution in [0.2, 0.25) is 0 Å². The fourth-order valence-electron chi connectivity index (χ4n) is 11.6. The van der Waals surface area contributed by atoms with Crippen molar-refractivity contribution in [2.75, 3.05) is 9.80 Å². The van der Waals surface area contributed by atoms with Crippen molar-refractivity contribution >= 4 is 87.7 Å². The maximum absolute atomic E-state index is 16.5. The minimum atomic E-state index is -1.07. The zero-order valence-electron chi connectivity index (χ0n) is 42.3. The highest BCUT2D eigenvalue weighted by molar-refractivity contribution is 7.26. The second-order valence-electron chi connectivity index (χ2n) is 21.7. The Morgan fingerprint density at radius 2 is 1.04 bits per heavy atom. The third kappa shape index (κ3) is 7.10. The second-order valence-corrected chi connectivity index (χ2v) is 22.7. The molecule has 12 aromatic rings. The van der Waals surface area contributed by atoms with Crippen LogP contribution in [0.1, 0.15) is 74.9 Å². The van der Waals surface area contributed by atoms with E-state index in [2.05, 4.69) is 239 Å². The van der Waals surface area contributed by atoms with Crippen LogP contribution < -0.4 is 9.80 Å². The number of pyridine rings is 1. The van der Waals surface area contributed by atoms with Crippen LogP contribution in [0.3, 0.4) is 0 Å². The predicted molar refractivity (Wildman–Crippen MR) is 308 cm³/mol. The van der Waals surface area contributed by atoms with Crippen molar-refractivity contribution in [2.45, 2.75) is 57.8 Å². The highest BCUT2D eigenvalue weighted by Gasteiger charge is 2.50. The molecule has 0 saturated heterocycles. The number of rotatable bonds is 8. The van der Waals surface area contributed by atoms with Gasteiger partial charge in [-0.3, -0.25) is 4.90 Å². The first-order valence-electron chi connectivity index (χ1n) is 25.5. The molecule has 360 valence electrons. The number of hydrogen-bond donors (Lipinski definition) is 0. The van der Waals surface area contributed by atoms with Gasteiger partial charge in [-0.25, -0.2) is 9.37 Å². The summed E-state index contributed by atoms with van der Waals surface area (Å²) in [6.45, 7) is 13.5. The molecule has 0 radical (unpaired) electrons. The molecular formula is C68H54FN3OS. The number of nitrogens with zero attached hydrogens (tertiary/aromatic N) is 3. The highest BCUT2D eigenvalue weighted by atomic mass is 32.1. The minimum Gasteiger partial charge on any atom is -0.455 e. The average Bonchev–Trinajstić information content (AvgIpc) is 4.13. The SMILES string of the molecule is CC(C)(C)c1ccc(N(c2ccccc2)c2cc3c(c4oc5ccccc5c24)-c2c(cc(N(c4ccc(C(C)(C)C)cc4)c4ccccn4)c4c2sc2ccccc24)C3(c2ccccc2)c2cccc(F)c2)cc1. The summed E-state index contributed by atoms with van der Waals surface area (Å²) in [6, 6.07) is 74.6. The standard InChI is InChI=1S/C68H54FN3OS/c1-66(2,3)43-31-35-49(36-32-43)71(48-24-11-8-12-25-48)55-41-53-62(64-60(55)51-26-13-15-28-57(51)73-64)63-54(68(53,45-20-9-7-10-21-45)46-22-19-23-47(69)40-46)42-56(61-52-27-14-16-29-58(52)74-65(61)63)72(59-30-17-18-39-70-59)50-37-33-44(34-38-50)67(4,5)6/h7-42H,1-6H3. The summed E-state index contributed by atoms with van der Waals surface area (Å²) in [5.74, 6) is 0.483. The lowest BCUT2D eigenvalue weighted by Gasteiger charge is -2.36. The van der Waals surface area contributed by atoms with E-state index in [-0.39, 0.29) is 16.6 Å². The van der Waals surface area contributed by atoms with E-state index in [0.29, 0.717) is 0 Å². The van der Waals surface area contributed by atoms with Crippen LogP contribution >= 0.6 is 11.3 Å². The molecule has 0 saturated carbocycles. The molecule has 6 heteroatoms. The van der Waals surface area contributed by atoms with E-state index in [4.69, 9.17) is 9.40 Å². The molecule has 0 spiro atoms. The van der Waals surface area contributed by atoms with E-state index in [1.807, 2.05) is 18.3 Å². The quantitative estimate of drug-likeness (QED) is 0.152. The van der Waals surface area contributed by atoms with Gasteiger partial charge in [-0.15, -0.1) is 11.3 Å². The van der Waals surface area contributed by atoms with E-state index in [9.17, 15) is 0 Å². The molecule has 0 N–H and O–H groups in total. The molecule has 3 aromatic heterocycles. The third-order valence-electron chi connectivity index (χ3n) is 15.1. The first kappa shape index (κ1) is 45.5. The molecule has 1 aliphatic rings. The van der Waals surface area contributed by atoms with Crippen LogP contribution in [0.15, 0.2) is 223 Å². The number of furan rings is 1. The Morgan fingerprint density at radius 3 is 1.69 bits per heavy atom. The fourth-order valence-corrected chi connectivity index (χ4v) is 12.9. The van der Waals surface area contributed by atoms with Gasteiger partial charge in [0, 0.05) is 59.9 Å². The van der Waals surface area contributed by atoms with E-state index in [1.165, 1.54) is 11.1 Å². The van der Waals surface area contributed by atoms with Crippen LogP contribution in [-0.2, 0) is 16.2 Å². The number of para-hydroxylation sites is 2. The maximum atomic E-state index is 16.5. The summed E-state index contributed by atoms with van der Waals surface area (Å²) in [5.41, 5.74) is 13.8. The van der Waals surface area contributed by atoms with Gasteiger partial charge in [0.15, 0.2) is 0 Å². The van der Waals surface area contributed by atoms with E-state index in [1.54, 1.807) is 23.5 Å². The van der Waals surface area contributed by atoms with Gasteiger partial charge in [-0.2, -0.15) is 0 Å². The van der Waals surface area contributed by atoms with Crippen molar-refractivity contribution in [3.8, 4) is 11.1 Å². The Kier molecular flexibility index (Phi) is 10.6. The van der Waals surface area contributed by atoms with Gasteiger partial charge in [0.2, 0.25) is 0 Å². The maximum Gasteiger partial charge on any atom is 0.145 e.